The summed E-state index contributed by atoms with van der Waals surface area (Å²) in [5.41, 5.74) is 1.09. The summed E-state index contributed by atoms with van der Waals surface area (Å²) >= 11 is 1.60. The summed E-state index contributed by atoms with van der Waals surface area (Å²) in [6, 6.07) is 0. The summed E-state index contributed by atoms with van der Waals surface area (Å²) in [5.74, 6) is 1.32. The monoisotopic (exact) mass is 474 g/mol. The molecule has 0 amide bonds. The number of nitrogens with zero attached hydrogens (tertiary/aromatic N) is 2. The minimum absolute atomic E-state index is 0. The predicted octanol–water partition coefficient (Wildman–Crippen LogP) is 2.37. The summed E-state index contributed by atoms with van der Waals surface area (Å²) in [6.45, 7) is 9.43. The number of hydrogen-bond acceptors (Lipinski definition) is 5. The Morgan fingerprint density at radius 2 is 2.04 bits per heavy atom. The highest BCUT2D eigenvalue weighted by Crippen LogP contribution is 2.18. The SMILES string of the molecule is CCNC(=NCc1nc(C(C)C)cs1)NCCS(=O)(=O)CC.I. The zero-order chi connectivity index (χ0) is 16.6. The van der Waals surface area contributed by atoms with Crippen LogP contribution in [-0.4, -0.2) is 44.0 Å². The van der Waals surface area contributed by atoms with Crippen LogP contribution in [0.1, 0.15) is 44.3 Å². The quantitative estimate of drug-likeness (QED) is 0.344. The molecule has 2 N–H and O–H groups in total. The Bertz CT molecular complexity index is 585. The zero-order valence-corrected chi connectivity index (χ0v) is 18.1. The van der Waals surface area contributed by atoms with Gasteiger partial charge < -0.3 is 10.6 Å². The number of rotatable bonds is 8. The van der Waals surface area contributed by atoms with Gasteiger partial charge in [0.1, 0.15) is 5.01 Å². The molecule has 0 bridgehead atoms. The van der Waals surface area contributed by atoms with Crippen LogP contribution in [0.2, 0.25) is 0 Å². The molecule has 23 heavy (non-hydrogen) atoms. The molecular formula is C14H27IN4O2S2. The maximum absolute atomic E-state index is 11.5. The fraction of sp³-hybridized carbons (Fsp3) is 0.714. The van der Waals surface area contributed by atoms with E-state index in [-0.39, 0.29) is 35.5 Å². The molecule has 0 atom stereocenters. The smallest absolute Gasteiger partial charge is 0.191 e. The van der Waals surface area contributed by atoms with Crippen molar-refractivity contribution in [2.24, 2.45) is 4.99 Å². The van der Waals surface area contributed by atoms with Crippen LogP contribution in [0.3, 0.4) is 0 Å². The summed E-state index contributed by atoms with van der Waals surface area (Å²) in [7, 11) is -2.96. The van der Waals surface area contributed by atoms with E-state index in [0.29, 0.717) is 25.0 Å². The molecule has 0 aliphatic rings. The van der Waals surface area contributed by atoms with Gasteiger partial charge in [-0.1, -0.05) is 20.8 Å². The molecule has 1 aromatic heterocycles. The highest BCUT2D eigenvalue weighted by molar-refractivity contribution is 14.0. The molecule has 0 fully saturated rings. The van der Waals surface area contributed by atoms with Gasteiger partial charge in [0.25, 0.3) is 0 Å². The third-order valence-electron chi connectivity index (χ3n) is 3.02. The van der Waals surface area contributed by atoms with Crippen molar-refractivity contribution in [3.8, 4) is 0 Å². The van der Waals surface area contributed by atoms with Crippen LogP contribution < -0.4 is 10.6 Å². The van der Waals surface area contributed by atoms with E-state index in [2.05, 4.69) is 39.8 Å². The molecule has 6 nitrogen and oxygen atoms in total. The molecule has 9 heteroatoms. The van der Waals surface area contributed by atoms with Crippen LogP contribution >= 0.6 is 35.3 Å². The van der Waals surface area contributed by atoms with E-state index in [1.165, 1.54) is 0 Å². The molecule has 0 unspecified atom stereocenters. The van der Waals surface area contributed by atoms with Gasteiger partial charge in [-0.05, 0) is 12.8 Å². The van der Waals surface area contributed by atoms with E-state index in [1.807, 2.05) is 6.92 Å². The second-order valence-corrected chi connectivity index (χ2v) is 8.59. The summed E-state index contributed by atoms with van der Waals surface area (Å²) in [6.07, 6.45) is 0. The van der Waals surface area contributed by atoms with Gasteiger partial charge in [-0.25, -0.2) is 18.4 Å². The highest BCUT2D eigenvalue weighted by Gasteiger charge is 2.08. The molecule has 1 heterocycles. The van der Waals surface area contributed by atoms with Crippen LogP contribution in [0.25, 0.3) is 0 Å². The van der Waals surface area contributed by atoms with Gasteiger partial charge in [0.05, 0.1) is 18.0 Å². The fourth-order valence-electron chi connectivity index (χ4n) is 1.62. The Kier molecular flexibility index (Phi) is 11.0. The Labute approximate surface area is 160 Å². The first-order chi connectivity index (χ1) is 10.4. The standard InChI is InChI=1S/C14H26N4O2S2.HI/c1-5-15-14(16-7-8-22(19,20)6-2)17-9-13-18-12(10-21-13)11(3)4;/h10-11H,5-9H2,1-4H3,(H2,15,16,17);1H. The van der Waals surface area contributed by atoms with Crippen molar-refractivity contribution in [2.45, 2.75) is 40.2 Å². The number of aliphatic imine (C=N–C) groups is 1. The third kappa shape index (κ3) is 8.85. The highest BCUT2D eigenvalue weighted by atomic mass is 127. The van der Waals surface area contributed by atoms with Gasteiger partial charge in [0, 0.05) is 24.2 Å². The van der Waals surface area contributed by atoms with E-state index >= 15 is 0 Å². The molecule has 0 aromatic carbocycles. The Morgan fingerprint density at radius 3 is 2.57 bits per heavy atom. The van der Waals surface area contributed by atoms with Gasteiger partial charge in [-0.2, -0.15) is 0 Å². The average molecular weight is 474 g/mol. The van der Waals surface area contributed by atoms with Gasteiger partial charge >= 0.3 is 0 Å². The zero-order valence-electron chi connectivity index (χ0n) is 14.1. The van der Waals surface area contributed by atoms with Gasteiger partial charge in [0.2, 0.25) is 0 Å². The number of halogens is 1. The normalized spacial score (nSPS) is 12.1. The lowest BCUT2D eigenvalue weighted by Crippen LogP contribution is -2.39. The first-order valence-electron chi connectivity index (χ1n) is 7.54. The maximum Gasteiger partial charge on any atom is 0.191 e. The van der Waals surface area contributed by atoms with Crippen molar-refractivity contribution in [3.05, 3.63) is 16.1 Å². The molecule has 0 saturated carbocycles. The second kappa shape index (κ2) is 11.2. The lowest BCUT2D eigenvalue weighted by molar-refractivity contribution is 0.595. The number of hydrogen-bond donors (Lipinski definition) is 2. The fourth-order valence-corrected chi connectivity index (χ4v) is 3.20. The van der Waals surface area contributed by atoms with Gasteiger partial charge in [-0.3, -0.25) is 0 Å². The van der Waals surface area contributed by atoms with Crippen LogP contribution in [-0.2, 0) is 16.4 Å². The van der Waals surface area contributed by atoms with Crippen molar-refractivity contribution < 1.29 is 8.42 Å². The topological polar surface area (TPSA) is 83.4 Å². The number of guanidine groups is 1. The molecular weight excluding hydrogens is 447 g/mol. The summed E-state index contributed by atoms with van der Waals surface area (Å²) in [4.78, 5) is 8.98. The minimum atomic E-state index is -2.96. The maximum atomic E-state index is 11.5. The van der Waals surface area contributed by atoms with E-state index < -0.39 is 9.84 Å². The number of thiazole rings is 1. The van der Waals surface area contributed by atoms with Gasteiger partial charge in [0.15, 0.2) is 15.8 Å². The van der Waals surface area contributed by atoms with E-state index in [0.717, 1.165) is 17.2 Å². The summed E-state index contributed by atoms with van der Waals surface area (Å²) < 4.78 is 23.0. The van der Waals surface area contributed by atoms with Crippen LogP contribution in [0.4, 0.5) is 0 Å². The van der Waals surface area contributed by atoms with Crippen LogP contribution in [0, 0.1) is 0 Å². The lowest BCUT2D eigenvalue weighted by atomic mass is 10.2. The number of sulfone groups is 1. The molecule has 134 valence electrons. The van der Waals surface area contributed by atoms with Crippen LogP contribution in [0.15, 0.2) is 10.4 Å². The Morgan fingerprint density at radius 1 is 1.35 bits per heavy atom. The minimum Gasteiger partial charge on any atom is -0.357 e. The molecule has 0 aliphatic heterocycles. The Balaban J connectivity index is 0.00000484. The van der Waals surface area contributed by atoms with E-state index in [1.54, 1.807) is 18.3 Å². The molecule has 0 saturated heterocycles. The van der Waals surface area contributed by atoms with Gasteiger partial charge in [-0.15, -0.1) is 35.3 Å². The van der Waals surface area contributed by atoms with Crippen molar-refractivity contribution in [2.75, 3.05) is 24.6 Å². The Hall–Kier alpha value is -0.420. The van der Waals surface area contributed by atoms with Crippen molar-refractivity contribution >= 4 is 51.1 Å². The molecule has 0 aliphatic carbocycles. The van der Waals surface area contributed by atoms with Crippen molar-refractivity contribution in [1.82, 2.24) is 15.6 Å². The first-order valence-corrected chi connectivity index (χ1v) is 10.2. The molecule has 0 radical (unpaired) electrons. The van der Waals surface area contributed by atoms with Crippen LogP contribution in [0.5, 0.6) is 0 Å². The first kappa shape index (κ1) is 22.6. The lowest BCUT2D eigenvalue weighted by Gasteiger charge is -2.10. The largest absolute Gasteiger partial charge is 0.357 e. The summed E-state index contributed by atoms with van der Waals surface area (Å²) in [5, 5.41) is 9.17. The predicted molar refractivity (Wildman–Crippen MR) is 109 cm³/mol. The average Bonchev–Trinajstić information content (AvgIpc) is 2.94. The van der Waals surface area contributed by atoms with Crippen molar-refractivity contribution in [1.29, 1.82) is 0 Å². The van der Waals surface area contributed by atoms with Crippen molar-refractivity contribution in [3.63, 3.8) is 0 Å². The molecule has 0 spiro atoms. The van der Waals surface area contributed by atoms with E-state index in [4.69, 9.17) is 0 Å². The second-order valence-electron chi connectivity index (χ2n) is 5.18. The third-order valence-corrected chi connectivity index (χ3v) is 5.58. The number of aromatic nitrogens is 1. The molecule has 1 aromatic rings. The van der Waals surface area contributed by atoms with E-state index in [9.17, 15) is 8.42 Å². The molecule has 1 rings (SSSR count). The number of nitrogens with one attached hydrogen (secondary N) is 2.